The number of pyridine rings is 1. The lowest BCUT2D eigenvalue weighted by molar-refractivity contribution is 0.102. The van der Waals surface area contributed by atoms with Crippen LogP contribution in [0.3, 0.4) is 0 Å². The van der Waals surface area contributed by atoms with Gasteiger partial charge in [0.15, 0.2) is 11.5 Å². The number of aromatic nitrogens is 1. The zero-order valence-corrected chi connectivity index (χ0v) is 23.8. The molecule has 0 unspecified atom stereocenters. The molecular weight excluding hydrogens is 570 g/mol. The summed E-state index contributed by atoms with van der Waals surface area (Å²) < 4.78 is 17.0. The average molecular weight is 599 g/mol. The first-order valence-corrected chi connectivity index (χ1v) is 12.9. The van der Waals surface area contributed by atoms with E-state index in [9.17, 15) is 4.79 Å². The molecule has 5 rings (SSSR count). The summed E-state index contributed by atoms with van der Waals surface area (Å²) in [6.07, 6.45) is 4.15. The standard InChI is InChI=1S/C29H28BrN3O4.ClH/c1-35-25-13-10-19(16-27(25)37-3)31-28-20-6-4-5-7-23(20)33-24-12-9-18(15-21(24)28)32-29(34)17-8-11-22(30)26(14-17)36-2;/h8-16H,4-7H2,1-3H3,(H,31,33)(H,32,34);1H. The van der Waals surface area contributed by atoms with Crippen molar-refractivity contribution >= 4 is 62.2 Å². The van der Waals surface area contributed by atoms with Gasteiger partial charge in [0, 0.05) is 34.1 Å². The number of aryl methyl sites for hydroxylation is 1. The highest BCUT2D eigenvalue weighted by Gasteiger charge is 2.20. The highest BCUT2D eigenvalue weighted by Crippen LogP contribution is 2.38. The van der Waals surface area contributed by atoms with E-state index < -0.39 is 0 Å². The molecule has 9 heteroatoms. The number of halogens is 2. The fourth-order valence-corrected chi connectivity index (χ4v) is 5.12. The van der Waals surface area contributed by atoms with Crippen molar-refractivity contribution in [3.63, 3.8) is 0 Å². The normalized spacial score (nSPS) is 12.2. The SMILES string of the molecule is COc1cc(C(=O)Nc2ccc3nc4c(c(Nc5ccc(OC)c(OC)c5)c3c2)CCCC4)ccc1Br.Cl. The van der Waals surface area contributed by atoms with Crippen molar-refractivity contribution in [1.29, 1.82) is 0 Å². The molecule has 0 aliphatic heterocycles. The second kappa shape index (κ2) is 11.9. The maximum atomic E-state index is 13.0. The highest BCUT2D eigenvalue weighted by atomic mass is 79.9. The van der Waals surface area contributed by atoms with Crippen LogP contribution in [0.2, 0.25) is 0 Å². The molecule has 0 atom stereocenters. The number of anilines is 3. The molecule has 0 saturated carbocycles. The number of nitrogens with zero attached hydrogens (tertiary/aromatic N) is 1. The Morgan fingerprint density at radius 1 is 0.842 bits per heavy atom. The summed E-state index contributed by atoms with van der Waals surface area (Å²) >= 11 is 3.43. The maximum absolute atomic E-state index is 13.0. The van der Waals surface area contributed by atoms with Crippen LogP contribution in [-0.2, 0) is 12.8 Å². The van der Waals surface area contributed by atoms with Gasteiger partial charge < -0.3 is 24.8 Å². The van der Waals surface area contributed by atoms with Crippen LogP contribution in [0.5, 0.6) is 17.2 Å². The van der Waals surface area contributed by atoms with Gasteiger partial charge in [0.1, 0.15) is 5.75 Å². The molecule has 1 aliphatic rings. The van der Waals surface area contributed by atoms with Gasteiger partial charge in [0.2, 0.25) is 0 Å². The Hall–Kier alpha value is -3.49. The zero-order chi connectivity index (χ0) is 25.9. The molecular formula is C29H29BrClN3O4. The van der Waals surface area contributed by atoms with Crippen molar-refractivity contribution in [3.8, 4) is 17.2 Å². The third-order valence-corrected chi connectivity index (χ3v) is 7.24. The Balaban J connectivity index is 0.00000336. The number of ether oxygens (including phenoxy) is 3. The lowest BCUT2D eigenvalue weighted by Crippen LogP contribution is -2.13. The summed E-state index contributed by atoms with van der Waals surface area (Å²) in [5, 5.41) is 7.59. The number of amides is 1. The van der Waals surface area contributed by atoms with Crippen LogP contribution in [0.1, 0.15) is 34.5 Å². The molecule has 2 N–H and O–H groups in total. The molecule has 0 bridgehead atoms. The largest absolute Gasteiger partial charge is 0.496 e. The van der Waals surface area contributed by atoms with E-state index in [0.29, 0.717) is 28.5 Å². The van der Waals surface area contributed by atoms with Gasteiger partial charge in [-0.2, -0.15) is 0 Å². The first-order chi connectivity index (χ1) is 18.0. The van der Waals surface area contributed by atoms with E-state index in [1.54, 1.807) is 39.5 Å². The van der Waals surface area contributed by atoms with Crippen molar-refractivity contribution in [2.75, 3.05) is 32.0 Å². The average Bonchev–Trinajstić information content (AvgIpc) is 2.93. The molecule has 0 fully saturated rings. The molecule has 1 amide bonds. The molecule has 3 aromatic carbocycles. The van der Waals surface area contributed by atoms with Crippen molar-refractivity contribution in [2.45, 2.75) is 25.7 Å². The number of hydrogen-bond donors (Lipinski definition) is 2. The van der Waals surface area contributed by atoms with Crippen LogP contribution in [0, 0.1) is 0 Å². The Bertz CT molecular complexity index is 1490. The van der Waals surface area contributed by atoms with Crippen molar-refractivity contribution < 1.29 is 19.0 Å². The van der Waals surface area contributed by atoms with Gasteiger partial charge in [-0.25, -0.2) is 0 Å². The van der Waals surface area contributed by atoms with Gasteiger partial charge in [0.05, 0.1) is 37.0 Å². The minimum Gasteiger partial charge on any atom is -0.496 e. The minimum absolute atomic E-state index is 0. The summed E-state index contributed by atoms with van der Waals surface area (Å²) in [5.41, 5.74) is 6.31. The Morgan fingerprint density at radius 3 is 2.34 bits per heavy atom. The van der Waals surface area contributed by atoms with E-state index in [0.717, 1.165) is 58.1 Å². The fraction of sp³-hybridized carbons (Fsp3) is 0.241. The molecule has 4 aromatic rings. The van der Waals surface area contributed by atoms with Gasteiger partial charge in [-0.3, -0.25) is 9.78 Å². The molecule has 1 aliphatic carbocycles. The van der Waals surface area contributed by atoms with Gasteiger partial charge in [-0.15, -0.1) is 12.4 Å². The molecule has 7 nitrogen and oxygen atoms in total. The van der Waals surface area contributed by atoms with Crippen LogP contribution in [0.4, 0.5) is 17.1 Å². The third kappa shape index (κ3) is 5.51. The smallest absolute Gasteiger partial charge is 0.255 e. The monoisotopic (exact) mass is 597 g/mol. The van der Waals surface area contributed by atoms with Crippen molar-refractivity contribution in [2.24, 2.45) is 0 Å². The number of rotatable bonds is 7. The topological polar surface area (TPSA) is 81.7 Å². The molecule has 198 valence electrons. The van der Waals surface area contributed by atoms with Crippen LogP contribution >= 0.6 is 28.3 Å². The predicted octanol–water partition coefficient (Wildman–Crippen LogP) is 7.32. The van der Waals surface area contributed by atoms with Crippen LogP contribution in [0.15, 0.2) is 59.1 Å². The van der Waals surface area contributed by atoms with E-state index in [-0.39, 0.29) is 18.3 Å². The number of fused-ring (bicyclic) bond motifs is 2. The number of benzene rings is 3. The highest BCUT2D eigenvalue weighted by molar-refractivity contribution is 9.10. The Labute approximate surface area is 236 Å². The maximum Gasteiger partial charge on any atom is 0.255 e. The number of hydrogen-bond acceptors (Lipinski definition) is 6. The summed E-state index contributed by atoms with van der Waals surface area (Å²) in [6.45, 7) is 0. The van der Waals surface area contributed by atoms with E-state index >= 15 is 0 Å². The second-order valence-corrected chi connectivity index (χ2v) is 9.70. The number of carbonyl (C=O) groups is 1. The molecule has 38 heavy (non-hydrogen) atoms. The fourth-order valence-electron chi connectivity index (χ4n) is 4.71. The first kappa shape index (κ1) is 27.5. The number of methoxy groups -OCH3 is 3. The van der Waals surface area contributed by atoms with Gasteiger partial charge in [-0.05, 0) is 95.7 Å². The van der Waals surface area contributed by atoms with Crippen molar-refractivity contribution in [3.05, 3.63) is 75.9 Å². The number of nitrogens with one attached hydrogen (secondary N) is 2. The van der Waals surface area contributed by atoms with Crippen LogP contribution in [-0.4, -0.2) is 32.2 Å². The molecule has 1 heterocycles. The summed E-state index contributed by atoms with van der Waals surface area (Å²) in [4.78, 5) is 18.0. The van der Waals surface area contributed by atoms with E-state index in [4.69, 9.17) is 19.2 Å². The zero-order valence-electron chi connectivity index (χ0n) is 21.4. The first-order valence-electron chi connectivity index (χ1n) is 12.1. The Kier molecular flexibility index (Phi) is 8.64. The molecule has 0 radical (unpaired) electrons. The summed E-state index contributed by atoms with van der Waals surface area (Å²) in [6, 6.07) is 16.9. The van der Waals surface area contributed by atoms with E-state index in [1.165, 1.54) is 5.56 Å². The van der Waals surface area contributed by atoms with Gasteiger partial charge >= 0.3 is 0 Å². The lowest BCUT2D eigenvalue weighted by atomic mass is 9.92. The van der Waals surface area contributed by atoms with E-state index in [2.05, 4.69) is 26.6 Å². The van der Waals surface area contributed by atoms with Gasteiger partial charge in [-0.1, -0.05) is 0 Å². The Morgan fingerprint density at radius 2 is 1.58 bits per heavy atom. The molecule has 1 aromatic heterocycles. The van der Waals surface area contributed by atoms with Crippen LogP contribution in [0.25, 0.3) is 10.9 Å². The lowest BCUT2D eigenvalue weighted by Gasteiger charge is -2.22. The molecule has 0 spiro atoms. The summed E-state index contributed by atoms with van der Waals surface area (Å²) in [7, 11) is 4.82. The third-order valence-electron chi connectivity index (χ3n) is 6.59. The quantitative estimate of drug-likeness (QED) is 0.232. The molecule has 0 saturated heterocycles. The van der Waals surface area contributed by atoms with E-state index in [1.807, 2.05) is 36.4 Å². The number of carbonyl (C=O) groups excluding carboxylic acids is 1. The van der Waals surface area contributed by atoms with Crippen LogP contribution < -0.4 is 24.8 Å². The van der Waals surface area contributed by atoms with Gasteiger partial charge in [0.25, 0.3) is 5.91 Å². The second-order valence-electron chi connectivity index (χ2n) is 8.85. The van der Waals surface area contributed by atoms with Crippen molar-refractivity contribution in [1.82, 2.24) is 4.98 Å². The summed E-state index contributed by atoms with van der Waals surface area (Å²) in [5.74, 6) is 1.70. The minimum atomic E-state index is -0.217. The predicted molar refractivity (Wildman–Crippen MR) is 157 cm³/mol.